The van der Waals surface area contributed by atoms with Crippen LogP contribution in [0.5, 0.6) is 0 Å². The van der Waals surface area contributed by atoms with Gasteiger partial charge in [0.25, 0.3) is 0 Å². The maximum atomic E-state index is 10.6. The highest BCUT2D eigenvalue weighted by atomic mass is 16.5. The summed E-state index contributed by atoms with van der Waals surface area (Å²) in [6.07, 6.45) is 1.42. The Balaban J connectivity index is 3.02. The van der Waals surface area contributed by atoms with Gasteiger partial charge in [-0.1, -0.05) is 25.9 Å². The Hall–Kier alpha value is -0.830. The zero-order valence-corrected chi connectivity index (χ0v) is 7.05. The van der Waals surface area contributed by atoms with Crippen LogP contribution in [0.1, 0.15) is 32.0 Å². The molecule has 61 valence electrons. The Kier molecular flexibility index (Phi) is 2.00. The average Bonchev–Trinajstić information content (AvgIpc) is 2.31. The third kappa shape index (κ3) is 1.60. The van der Waals surface area contributed by atoms with Crippen LogP contribution in [0.25, 0.3) is 0 Å². The molecule has 3 nitrogen and oxygen atoms in total. The molecule has 1 aromatic rings. The van der Waals surface area contributed by atoms with Crippen molar-refractivity contribution >= 4 is 0 Å². The zero-order valence-electron chi connectivity index (χ0n) is 7.05. The summed E-state index contributed by atoms with van der Waals surface area (Å²) < 4.78 is 4.71. The number of aromatic nitrogens is 1. The number of hydrogen-bond acceptors (Lipinski definition) is 2. The highest BCUT2D eigenvalue weighted by Crippen LogP contribution is 2.23. The highest BCUT2D eigenvalue weighted by Gasteiger charge is 2.21. The van der Waals surface area contributed by atoms with Crippen LogP contribution in [-0.2, 0) is 17.1 Å². The Morgan fingerprint density at radius 2 is 2.18 bits per heavy atom. The van der Waals surface area contributed by atoms with Gasteiger partial charge in [0.05, 0.1) is 5.69 Å². The van der Waals surface area contributed by atoms with Crippen LogP contribution in [0.3, 0.4) is 0 Å². The van der Waals surface area contributed by atoms with E-state index in [9.17, 15) is 5.11 Å². The molecule has 0 aliphatic carbocycles. The molecule has 0 aliphatic rings. The molecule has 0 saturated heterocycles. The molecule has 1 aromatic heterocycles. The molecule has 0 aliphatic heterocycles. The monoisotopic (exact) mass is 154 g/mol. The predicted octanol–water partition coefficient (Wildman–Crippen LogP) is 1.90. The summed E-state index contributed by atoms with van der Waals surface area (Å²) in [7, 11) is 0. The third-order valence-electron chi connectivity index (χ3n) is 1.51. The molecule has 1 heterocycles. The van der Waals surface area contributed by atoms with E-state index in [-0.39, 0.29) is 12.0 Å². The summed E-state index contributed by atoms with van der Waals surface area (Å²) in [6.45, 7) is 5.76. The van der Waals surface area contributed by atoms with Crippen molar-refractivity contribution in [1.29, 1.82) is 0 Å². The van der Waals surface area contributed by atoms with E-state index in [1.54, 1.807) is 0 Å². The molecule has 0 bridgehead atoms. The minimum absolute atomic E-state index is 0.0905. The van der Waals surface area contributed by atoms with Gasteiger partial charge in [-0.15, -0.1) is 0 Å². The normalized spacial score (nSPS) is 12.0. The molecule has 0 amide bonds. The van der Waals surface area contributed by atoms with Crippen LogP contribution in [0, 0.1) is 0 Å². The van der Waals surface area contributed by atoms with Crippen molar-refractivity contribution in [2.24, 2.45) is 0 Å². The number of hydrogen-bond donors (Lipinski definition) is 0. The average molecular weight is 154 g/mol. The smallest absolute Gasteiger partial charge is 0.129 e. The maximum Gasteiger partial charge on any atom is 0.129 e. The first-order valence-corrected chi connectivity index (χ1v) is 3.57. The first-order valence-electron chi connectivity index (χ1n) is 3.57. The van der Waals surface area contributed by atoms with Crippen LogP contribution in [0.2, 0.25) is 0 Å². The molecule has 11 heavy (non-hydrogen) atoms. The molecular weight excluding hydrogens is 142 g/mol. The Labute approximate surface area is 66.0 Å². The lowest BCUT2D eigenvalue weighted by molar-refractivity contribution is 0.175. The van der Waals surface area contributed by atoms with Gasteiger partial charge in [0, 0.05) is 11.0 Å². The van der Waals surface area contributed by atoms with Crippen molar-refractivity contribution in [2.45, 2.75) is 32.8 Å². The molecule has 0 aromatic carbocycles. The van der Waals surface area contributed by atoms with E-state index in [0.29, 0.717) is 5.56 Å². The standard InChI is InChI=1S/C8H12NO2/c1-8(2,3)7-6(4-10)5-11-9-7/h5H,4H2,1-3H3. The van der Waals surface area contributed by atoms with Gasteiger partial charge in [0.2, 0.25) is 0 Å². The molecule has 0 atom stereocenters. The fraction of sp³-hybridized carbons (Fsp3) is 0.625. The maximum absolute atomic E-state index is 10.6. The molecule has 0 N–H and O–H groups in total. The van der Waals surface area contributed by atoms with Crippen molar-refractivity contribution in [3.05, 3.63) is 17.5 Å². The first kappa shape index (κ1) is 8.27. The quantitative estimate of drug-likeness (QED) is 0.620. The second kappa shape index (κ2) is 2.66. The number of rotatable bonds is 1. The van der Waals surface area contributed by atoms with Gasteiger partial charge in [-0.25, -0.2) is 5.11 Å². The lowest BCUT2D eigenvalue weighted by atomic mass is 9.90. The van der Waals surface area contributed by atoms with Crippen LogP contribution in [-0.4, -0.2) is 5.16 Å². The van der Waals surface area contributed by atoms with E-state index in [4.69, 9.17) is 4.52 Å². The van der Waals surface area contributed by atoms with Gasteiger partial charge < -0.3 is 4.52 Å². The summed E-state index contributed by atoms with van der Waals surface area (Å²) in [6, 6.07) is 0. The summed E-state index contributed by atoms with van der Waals surface area (Å²) >= 11 is 0. The summed E-state index contributed by atoms with van der Waals surface area (Å²) in [5.74, 6) is 0. The van der Waals surface area contributed by atoms with Gasteiger partial charge in [0.15, 0.2) is 0 Å². The molecule has 0 fully saturated rings. The van der Waals surface area contributed by atoms with Crippen molar-refractivity contribution in [1.82, 2.24) is 5.16 Å². The Morgan fingerprint density at radius 1 is 1.55 bits per heavy atom. The van der Waals surface area contributed by atoms with Gasteiger partial charge in [0.1, 0.15) is 12.9 Å². The molecule has 0 unspecified atom stereocenters. The summed E-state index contributed by atoms with van der Waals surface area (Å²) in [4.78, 5) is 0. The Bertz CT molecular complexity index is 234. The van der Waals surface area contributed by atoms with Crippen LogP contribution in [0.15, 0.2) is 10.8 Å². The second-order valence-corrected chi connectivity index (χ2v) is 3.58. The first-order chi connectivity index (χ1) is 5.05. The third-order valence-corrected chi connectivity index (χ3v) is 1.51. The van der Waals surface area contributed by atoms with Crippen molar-refractivity contribution < 1.29 is 9.63 Å². The van der Waals surface area contributed by atoms with Crippen LogP contribution < -0.4 is 0 Å². The molecule has 0 spiro atoms. The lowest BCUT2D eigenvalue weighted by Gasteiger charge is -2.14. The van der Waals surface area contributed by atoms with Gasteiger partial charge >= 0.3 is 0 Å². The van der Waals surface area contributed by atoms with Crippen molar-refractivity contribution in [2.75, 3.05) is 0 Å². The lowest BCUT2D eigenvalue weighted by Crippen LogP contribution is -2.13. The Morgan fingerprint density at radius 3 is 2.55 bits per heavy atom. The topological polar surface area (TPSA) is 45.9 Å². The molecule has 1 radical (unpaired) electrons. The van der Waals surface area contributed by atoms with E-state index in [0.717, 1.165) is 5.69 Å². The van der Waals surface area contributed by atoms with Gasteiger partial charge in [-0.3, -0.25) is 0 Å². The van der Waals surface area contributed by atoms with Crippen molar-refractivity contribution in [3.8, 4) is 0 Å². The van der Waals surface area contributed by atoms with E-state index in [1.165, 1.54) is 6.26 Å². The molecule has 1 rings (SSSR count). The minimum atomic E-state index is -0.254. The van der Waals surface area contributed by atoms with Gasteiger partial charge in [-0.05, 0) is 0 Å². The zero-order chi connectivity index (χ0) is 8.48. The highest BCUT2D eigenvalue weighted by molar-refractivity contribution is 5.20. The minimum Gasteiger partial charge on any atom is -0.364 e. The number of nitrogens with zero attached hydrogens (tertiary/aromatic N) is 1. The van der Waals surface area contributed by atoms with Crippen LogP contribution in [0.4, 0.5) is 0 Å². The summed E-state index contributed by atoms with van der Waals surface area (Å²) in [5.41, 5.74) is 1.34. The largest absolute Gasteiger partial charge is 0.364 e. The van der Waals surface area contributed by atoms with E-state index < -0.39 is 0 Å². The molecular formula is C8H12NO2. The second-order valence-electron chi connectivity index (χ2n) is 3.58. The fourth-order valence-electron chi connectivity index (χ4n) is 0.978. The predicted molar refractivity (Wildman–Crippen MR) is 39.6 cm³/mol. The van der Waals surface area contributed by atoms with Crippen molar-refractivity contribution in [3.63, 3.8) is 0 Å². The molecule has 3 heteroatoms. The van der Waals surface area contributed by atoms with E-state index >= 15 is 0 Å². The van der Waals surface area contributed by atoms with Gasteiger partial charge in [-0.2, -0.15) is 0 Å². The molecule has 0 saturated carbocycles. The summed E-state index contributed by atoms with van der Waals surface area (Å²) in [5, 5.41) is 14.3. The fourth-order valence-corrected chi connectivity index (χ4v) is 0.978. The SMILES string of the molecule is CC(C)(C)c1nocc1C[O]. The van der Waals surface area contributed by atoms with E-state index in [2.05, 4.69) is 5.16 Å². The van der Waals surface area contributed by atoms with Crippen LogP contribution >= 0.6 is 0 Å². The van der Waals surface area contributed by atoms with E-state index in [1.807, 2.05) is 20.8 Å².